The van der Waals surface area contributed by atoms with E-state index in [-0.39, 0.29) is 0 Å². The number of carbonyl (C=O) groups is 2. The van der Waals surface area contributed by atoms with Gasteiger partial charge in [-0.1, -0.05) is 30.3 Å². The first kappa shape index (κ1) is 19.0. The molecule has 3 rings (SSSR count). The minimum Gasteiger partial charge on any atom is -0.334 e. The molecule has 0 unspecified atom stereocenters. The van der Waals surface area contributed by atoms with Crippen LogP contribution in [0, 0.1) is 16.6 Å². The Bertz CT molecular complexity index is 823. The third-order valence-corrected chi connectivity index (χ3v) is 5.34. The average Bonchev–Trinajstić information content (AvgIpc) is 2.70. The number of nitrogens with one attached hydrogen (secondary N) is 1. The van der Waals surface area contributed by atoms with Crippen molar-refractivity contribution in [3.05, 3.63) is 60.2 Å². The zero-order chi connectivity index (χ0) is 19.1. The maximum absolute atomic E-state index is 12.4. The summed E-state index contributed by atoms with van der Waals surface area (Å²) in [5.74, 6) is -0.550. The summed E-state index contributed by atoms with van der Waals surface area (Å²) in [6, 6.07) is 17.2. The fourth-order valence-corrected chi connectivity index (χ4v) is 3.65. The van der Waals surface area contributed by atoms with E-state index >= 15 is 0 Å². The molecule has 1 fully saturated rings. The molecular weight excluding hydrogens is 358 g/mol. The molecule has 1 N–H and O–H groups in total. The normalized spacial score (nSPS) is 14.4. The summed E-state index contributed by atoms with van der Waals surface area (Å²) < 4.78 is 0. The van der Waals surface area contributed by atoms with Gasteiger partial charge in [0.25, 0.3) is 0 Å². The third kappa shape index (κ3) is 5.35. The van der Waals surface area contributed by atoms with E-state index in [2.05, 4.69) is 17.4 Å². The second kappa shape index (κ2) is 9.24. The Balaban J connectivity index is 1.48. The summed E-state index contributed by atoms with van der Waals surface area (Å²) in [5.41, 5.74) is 1.87. The van der Waals surface area contributed by atoms with Crippen molar-refractivity contribution in [3.63, 3.8) is 0 Å². The van der Waals surface area contributed by atoms with Gasteiger partial charge in [-0.2, -0.15) is 5.26 Å². The second-order valence-electron chi connectivity index (χ2n) is 6.60. The van der Waals surface area contributed by atoms with Gasteiger partial charge in [0.2, 0.25) is 0 Å². The van der Waals surface area contributed by atoms with Crippen molar-refractivity contribution in [1.29, 1.82) is 5.26 Å². The van der Waals surface area contributed by atoms with E-state index in [0.717, 1.165) is 35.9 Å². The molecule has 2 aromatic carbocycles. The highest BCUT2D eigenvalue weighted by Gasteiger charge is 2.27. The van der Waals surface area contributed by atoms with Crippen LogP contribution in [-0.4, -0.2) is 29.8 Å². The van der Waals surface area contributed by atoms with E-state index in [0.29, 0.717) is 24.7 Å². The number of nitrogens with zero attached hydrogens (tertiary/aromatic N) is 2. The Morgan fingerprint density at radius 3 is 2.37 bits per heavy atom. The predicted molar refractivity (Wildman–Crippen MR) is 106 cm³/mol. The van der Waals surface area contributed by atoms with Crippen molar-refractivity contribution >= 4 is 29.3 Å². The molecule has 1 aliphatic rings. The summed E-state index contributed by atoms with van der Waals surface area (Å²) >= 11 is 1.05. The second-order valence-corrected chi connectivity index (χ2v) is 7.46. The highest BCUT2D eigenvalue weighted by Crippen LogP contribution is 2.22. The van der Waals surface area contributed by atoms with Gasteiger partial charge in [-0.3, -0.25) is 9.59 Å². The first-order chi connectivity index (χ1) is 13.2. The number of hydrogen-bond acceptors (Lipinski definition) is 4. The first-order valence-electron chi connectivity index (χ1n) is 8.96. The molecule has 5 nitrogen and oxygen atoms in total. The molecule has 0 saturated carbocycles. The van der Waals surface area contributed by atoms with E-state index in [1.54, 1.807) is 29.2 Å². The van der Waals surface area contributed by atoms with Gasteiger partial charge < -0.3 is 10.2 Å². The minimum absolute atomic E-state index is 0.483. The highest BCUT2D eigenvalue weighted by atomic mass is 32.2. The molecule has 1 saturated heterocycles. The van der Waals surface area contributed by atoms with Crippen LogP contribution in [0.3, 0.4) is 0 Å². The van der Waals surface area contributed by atoms with Gasteiger partial charge in [-0.25, -0.2) is 0 Å². The van der Waals surface area contributed by atoms with Gasteiger partial charge in [0.15, 0.2) is 0 Å². The van der Waals surface area contributed by atoms with Crippen LogP contribution >= 0.6 is 11.8 Å². The lowest BCUT2D eigenvalue weighted by Gasteiger charge is -2.31. The molecular formula is C21H21N3O2S. The Hall–Kier alpha value is -2.78. The van der Waals surface area contributed by atoms with Crippen molar-refractivity contribution < 1.29 is 9.59 Å². The van der Waals surface area contributed by atoms with E-state index < -0.39 is 11.8 Å². The first-order valence-corrected chi connectivity index (χ1v) is 9.77. The van der Waals surface area contributed by atoms with Crippen LogP contribution in [0.5, 0.6) is 0 Å². The number of anilines is 1. The van der Waals surface area contributed by atoms with Gasteiger partial charge in [-0.15, -0.1) is 0 Å². The number of hydrogen-bond donors (Lipinski definition) is 1. The monoisotopic (exact) mass is 379 g/mol. The zero-order valence-corrected chi connectivity index (χ0v) is 15.7. The third-order valence-electron chi connectivity index (χ3n) is 4.74. The van der Waals surface area contributed by atoms with Crippen LogP contribution in [0.2, 0.25) is 0 Å². The number of rotatable bonds is 4. The summed E-state index contributed by atoms with van der Waals surface area (Å²) in [5, 5.41) is 13.3. The standard InChI is InChI=1S/C21H21N3O2S/c22-15-27-19-8-6-18(7-9-19)23-20(25)21(26)24-12-10-17(11-13-24)14-16-4-2-1-3-5-16/h1-9,17H,10-14H2,(H,23,25). The van der Waals surface area contributed by atoms with Gasteiger partial charge >= 0.3 is 11.8 Å². The van der Waals surface area contributed by atoms with Gasteiger partial charge in [0.1, 0.15) is 5.40 Å². The molecule has 2 amide bonds. The smallest absolute Gasteiger partial charge is 0.313 e. The Labute approximate surface area is 163 Å². The lowest BCUT2D eigenvalue weighted by molar-refractivity contribution is -0.144. The topological polar surface area (TPSA) is 73.2 Å². The van der Waals surface area contributed by atoms with Crippen LogP contribution in [0.1, 0.15) is 18.4 Å². The predicted octanol–water partition coefficient (Wildman–Crippen LogP) is 3.68. The van der Waals surface area contributed by atoms with Crippen LogP contribution in [0.4, 0.5) is 5.69 Å². The summed E-state index contributed by atoms with van der Waals surface area (Å²) in [6.45, 7) is 1.23. The summed E-state index contributed by atoms with van der Waals surface area (Å²) in [4.78, 5) is 27.1. The number of thioether (sulfide) groups is 1. The SMILES string of the molecule is N#CSc1ccc(NC(=O)C(=O)N2CCC(Cc3ccccc3)CC2)cc1. The van der Waals surface area contributed by atoms with Crippen molar-refractivity contribution in [3.8, 4) is 5.40 Å². The van der Waals surface area contributed by atoms with Crippen LogP contribution in [0.15, 0.2) is 59.5 Å². The number of amides is 2. The van der Waals surface area contributed by atoms with Crippen LogP contribution < -0.4 is 5.32 Å². The molecule has 6 heteroatoms. The van der Waals surface area contributed by atoms with E-state index in [9.17, 15) is 9.59 Å². The largest absolute Gasteiger partial charge is 0.334 e. The van der Waals surface area contributed by atoms with Gasteiger partial charge in [-0.05, 0) is 66.8 Å². The molecule has 2 aromatic rings. The fraction of sp³-hybridized carbons (Fsp3) is 0.286. The lowest BCUT2D eigenvalue weighted by Crippen LogP contribution is -2.44. The minimum atomic E-state index is -0.614. The number of thiocyanates is 1. The van der Waals surface area contributed by atoms with Crippen LogP contribution in [-0.2, 0) is 16.0 Å². The molecule has 1 heterocycles. The quantitative estimate of drug-likeness (QED) is 0.500. The number of benzene rings is 2. The Morgan fingerprint density at radius 1 is 1.07 bits per heavy atom. The van der Waals surface area contributed by atoms with Crippen molar-refractivity contribution in [2.75, 3.05) is 18.4 Å². The summed E-state index contributed by atoms with van der Waals surface area (Å²) in [7, 11) is 0. The van der Waals surface area contributed by atoms with Crippen molar-refractivity contribution in [2.24, 2.45) is 5.92 Å². The molecule has 138 valence electrons. The number of carbonyl (C=O) groups excluding carboxylic acids is 2. The maximum atomic E-state index is 12.4. The van der Waals surface area contributed by atoms with E-state index in [1.807, 2.05) is 23.6 Å². The Morgan fingerprint density at radius 2 is 1.74 bits per heavy atom. The Kier molecular flexibility index (Phi) is 6.50. The molecule has 0 radical (unpaired) electrons. The lowest BCUT2D eigenvalue weighted by atomic mass is 9.90. The molecule has 1 aliphatic heterocycles. The van der Waals surface area contributed by atoms with E-state index in [4.69, 9.17) is 5.26 Å². The highest BCUT2D eigenvalue weighted by molar-refractivity contribution is 8.03. The van der Waals surface area contributed by atoms with Crippen molar-refractivity contribution in [2.45, 2.75) is 24.2 Å². The molecule has 0 aromatic heterocycles. The van der Waals surface area contributed by atoms with Crippen LogP contribution in [0.25, 0.3) is 0 Å². The fourth-order valence-electron chi connectivity index (χ4n) is 3.27. The number of piperidine rings is 1. The molecule has 0 atom stereocenters. The maximum Gasteiger partial charge on any atom is 0.313 e. The molecule has 0 aliphatic carbocycles. The number of likely N-dealkylation sites (tertiary alicyclic amines) is 1. The summed E-state index contributed by atoms with van der Waals surface area (Å²) in [6.07, 6.45) is 2.84. The molecule has 27 heavy (non-hydrogen) atoms. The average molecular weight is 379 g/mol. The van der Waals surface area contributed by atoms with Gasteiger partial charge in [0.05, 0.1) is 0 Å². The molecule has 0 spiro atoms. The van der Waals surface area contributed by atoms with Gasteiger partial charge in [0, 0.05) is 23.7 Å². The van der Waals surface area contributed by atoms with Crippen molar-refractivity contribution in [1.82, 2.24) is 4.90 Å². The van der Waals surface area contributed by atoms with E-state index in [1.165, 1.54) is 5.56 Å². The number of nitriles is 1. The zero-order valence-electron chi connectivity index (χ0n) is 14.9. The molecule has 0 bridgehead atoms.